The van der Waals surface area contributed by atoms with Crippen LogP contribution in [0.1, 0.15) is 32.6 Å². The molecule has 1 aromatic heterocycles. The SMILES string of the molecule is CC(=O)NC(C)C#Cc1cnc(Oc2ccc(OCC(C)C)cc2N)s1. The molecule has 0 saturated carbocycles. The van der Waals surface area contributed by atoms with Gasteiger partial charge in [-0.3, -0.25) is 4.79 Å². The van der Waals surface area contributed by atoms with Crippen LogP contribution in [0.2, 0.25) is 0 Å². The van der Waals surface area contributed by atoms with Crippen molar-refractivity contribution < 1.29 is 14.3 Å². The summed E-state index contributed by atoms with van der Waals surface area (Å²) in [6, 6.07) is 5.09. The maximum atomic E-state index is 11.0. The second-order valence-corrected chi connectivity index (χ2v) is 7.18. The summed E-state index contributed by atoms with van der Waals surface area (Å²) in [5, 5.41) is 3.15. The molecule has 1 amide bonds. The highest BCUT2D eigenvalue weighted by molar-refractivity contribution is 7.13. The lowest BCUT2D eigenvalue weighted by Crippen LogP contribution is -2.28. The molecule has 1 atom stereocenters. The van der Waals surface area contributed by atoms with Gasteiger partial charge in [-0.15, -0.1) is 0 Å². The number of nitrogens with one attached hydrogen (secondary N) is 1. The first-order valence-corrected chi connectivity index (χ1v) is 9.09. The van der Waals surface area contributed by atoms with Crippen LogP contribution in [0.3, 0.4) is 0 Å². The summed E-state index contributed by atoms with van der Waals surface area (Å²) in [6.07, 6.45) is 1.63. The molecule has 2 rings (SSSR count). The Morgan fingerprint density at radius 2 is 2.15 bits per heavy atom. The van der Waals surface area contributed by atoms with Crippen LogP contribution in [0.4, 0.5) is 5.69 Å². The lowest BCUT2D eigenvalue weighted by atomic mass is 10.2. The zero-order valence-corrected chi connectivity index (χ0v) is 16.1. The minimum atomic E-state index is -0.229. The molecular weight excluding hydrogens is 350 g/mol. The number of benzene rings is 1. The summed E-state index contributed by atoms with van der Waals surface area (Å²) in [7, 11) is 0. The number of nitrogens with zero attached hydrogens (tertiary/aromatic N) is 1. The van der Waals surface area contributed by atoms with E-state index in [2.05, 4.69) is 36.0 Å². The zero-order valence-electron chi connectivity index (χ0n) is 15.3. The van der Waals surface area contributed by atoms with Crippen molar-refractivity contribution in [2.75, 3.05) is 12.3 Å². The fourth-order valence-corrected chi connectivity index (χ4v) is 2.59. The van der Waals surface area contributed by atoms with Gasteiger partial charge in [0.1, 0.15) is 10.6 Å². The average Bonchev–Trinajstić information content (AvgIpc) is 3.00. The van der Waals surface area contributed by atoms with Gasteiger partial charge in [0, 0.05) is 13.0 Å². The highest BCUT2D eigenvalue weighted by atomic mass is 32.1. The zero-order chi connectivity index (χ0) is 19.1. The lowest BCUT2D eigenvalue weighted by Gasteiger charge is -2.11. The van der Waals surface area contributed by atoms with E-state index >= 15 is 0 Å². The summed E-state index contributed by atoms with van der Waals surface area (Å²) >= 11 is 1.31. The van der Waals surface area contributed by atoms with Crippen molar-refractivity contribution in [3.8, 4) is 28.5 Å². The van der Waals surface area contributed by atoms with Gasteiger partial charge >= 0.3 is 0 Å². The number of hydrogen-bond donors (Lipinski definition) is 2. The Labute approximate surface area is 157 Å². The van der Waals surface area contributed by atoms with E-state index in [1.54, 1.807) is 18.3 Å². The highest BCUT2D eigenvalue weighted by Gasteiger charge is 2.08. The number of nitrogens with two attached hydrogens (primary N) is 1. The normalized spacial score (nSPS) is 11.4. The monoisotopic (exact) mass is 373 g/mol. The van der Waals surface area contributed by atoms with Gasteiger partial charge in [-0.2, -0.15) is 0 Å². The minimum absolute atomic E-state index is 0.114. The number of thiazole rings is 1. The van der Waals surface area contributed by atoms with Crippen LogP contribution in [-0.2, 0) is 4.79 Å². The first-order valence-electron chi connectivity index (χ1n) is 8.28. The van der Waals surface area contributed by atoms with Crippen molar-refractivity contribution in [2.24, 2.45) is 5.92 Å². The third kappa shape index (κ3) is 6.30. The molecule has 0 saturated heterocycles. The Hall–Kier alpha value is -2.72. The first-order chi connectivity index (χ1) is 12.3. The van der Waals surface area contributed by atoms with Gasteiger partial charge in [0.15, 0.2) is 5.75 Å². The first kappa shape index (κ1) is 19.6. The predicted octanol–water partition coefficient (Wildman–Crippen LogP) is 3.43. The van der Waals surface area contributed by atoms with Crippen molar-refractivity contribution >= 4 is 22.9 Å². The number of rotatable bonds is 6. The number of nitrogen functional groups attached to an aromatic ring is 1. The average molecular weight is 373 g/mol. The number of ether oxygens (including phenoxy) is 2. The van der Waals surface area contributed by atoms with Crippen LogP contribution in [0.15, 0.2) is 24.4 Å². The molecule has 0 aliphatic carbocycles. The summed E-state index contributed by atoms with van der Waals surface area (Å²) in [5.41, 5.74) is 6.51. The van der Waals surface area contributed by atoms with Crippen LogP contribution >= 0.6 is 11.3 Å². The van der Waals surface area contributed by atoms with Crippen molar-refractivity contribution in [1.82, 2.24) is 10.3 Å². The quantitative estimate of drug-likeness (QED) is 0.598. The van der Waals surface area contributed by atoms with Crippen LogP contribution in [0.25, 0.3) is 0 Å². The van der Waals surface area contributed by atoms with E-state index in [-0.39, 0.29) is 11.9 Å². The van der Waals surface area contributed by atoms with Gasteiger partial charge in [0.25, 0.3) is 5.19 Å². The summed E-state index contributed by atoms with van der Waals surface area (Å²) in [4.78, 5) is 15.9. The summed E-state index contributed by atoms with van der Waals surface area (Å²) in [5.74, 6) is 7.46. The molecular formula is C19H23N3O3S. The predicted molar refractivity (Wildman–Crippen MR) is 104 cm³/mol. The van der Waals surface area contributed by atoms with E-state index in [0.29, 0.717) is 34.9 Å². The van der Waals surface area contributed by atoms with Gasteiger partial charge in [-0.1, -0.05) is 37.0 Å². The third-order valence-electron chi connectivity index (χ3n) is 3.08. The Kier molecular flexibility index (Phi) is 6.87. The maximum Gasteiger partial charge on any atom is 0.279 e. The summed E-state index contributed by atoms with van der Waals surface area (Å²) < 4.78 is 11.4. The minimum Gasteiger partial charge on any atom is -0.493 e. The summed E-state index contributed by atoms with van der Waals surface area (Å²) in [6.45, 7) is 8.07. The number of aromatic nitrogens is 1. The second-order valence-electron chi connectivity index (χ2n) is 6.19. The van der Waals surface area contributed by atoms with E-state index in [1.807, 2.05) is 13.0 Å². The third-order valence-corrected chi connectivity index (χ3v) is 3.87. The van der Waals surface area contributed by atoms with E-state index in [4.69, 9.17) is 15.2 Å². The largest absolute Gasteiger partial charge is 0.493 e. The van der Waals surface area contributed by atoms with E-state index < -0.39 is 0 Å². The van der Waals surface area contributed by atoms with Crippen LogP contribution in [0, 0.1) is 17.8 Å². The lowest BCUT2D eigenvalue weighted by molar-refractivity contribution is -0.119. The molecule has 1 aromatic carbocycles. The molecule has 26 heavy (non-hydrogen) atoms. The molecule has 7 heteroatoms. The molecule has 1 heterocycles. The Balaban J connectivity index is 2.00. The molecule has 138 valence electrons. The Morgan fingerprint density at radius 3 is 2.81 bits per heavy atom. The maximum absolute atomic E-state index is 11.0. The standard InChI is InChI=1S/C19H23N3O3S/c1-12(2)11-24-15-6-8-18(17(20)9-15)25-19-21-10-16(26-19)7-5-13(3)22-14(4)23/h6,8-10,12-13H,11,20H2,1-4H3,(H,22,23). The fraction of sp³-hybridized carbons (Fsp3) is 0.368. The Morgan fingerprint density at radius 1 is 1.38 bits per heavy atom. The smallest absolute Gasteiger partial charge is 0.279 e. The van der Waals surface area contributed by atoms with Crippen molar-refractivity contribution in [3.63, 3.8) is 0 Å². The number of anilines is 1. The molecule has 3 N–H and O–H groups in total. The van der Waals surface area contributed by atoms with Crippen molar-refractivity contribution in [3.05, 3.63) is 29.3 Å². The molecule has 0 aliphatic rings. The fourth-order valence-electron chi connectivity index (χ4n) is 1.95. The number of amides is 1. The van der Waals surface area contributed by atoms with E-state index in [1.165, 1.54) is 18.3 Å². The number of carbonyl (C=O) groups is 1. The van der Waals surface area contributed by atoms with Gasteiger partial charge in [0.05, 0.1) is 24.5 Å². The van der Waals surface area contributed by atoms with Gasteiger partial charge in [-0.25, -0.2) is 4.98 Å². The Bertz CT molecular complexity index is 821. The molecule has 2 aromatic rings. The highest BCUT2D eigenvalue weighted by Crippen LogP contribution is 2.32. The molecule has 1 unspecified atom stereocenters. The molecule has 0 spiro atoms. The molecule has 0 radical (unpaired) electrons. The van der Waals surface area contributed by atoms with Crippen LogP contribution < -0.4 is 20.5 Å². The van der Waals surface area contributed by atoms with Crippen LogP contribution in [-0.4, -0.2) is 23.5 Å². The van der Waals surface area contributed by atoms with E-state index in [9.17, 15) is 4.79 Å². The van der Waals surface area contributed by atoms with Gasteiger partial charge in [0.2, 0.25) is 5.91 Å². The molecule has 6 nitrogen and oxygen atoms in total. The molecule has 0 fully saturated rings. The number of hydrogen-bond acceptors (Lipinski definition) is 6. The van der Waals surface area contributed by atoms with Crippen LogP contribution in [0.5, 0.6) is 16.7 Å². The van der Waals surface area contributed by atoms with Gasteiger partial charge in [-0.05, 0) is 25.0 Å². The van der Waals surface area contributed by atoms with Crippen molar-refractivity contribution in [2.45, 2.75) is 33.7 Å². The topological polar surface area (TPSA) is 86.5 Å². The molecule has 0 bridgehead atoms. The van der Waals surface area contributed by atoms with Crippen molar-refractivity contribution in [1.29, 1.82) is 0 Å². The number of carbonyl (C=O) groups excluding carboxylic acids is 1. The van der Waals surface area contributed by atoms with E-state index in [0.717, 1.165) is 4.88 Å². The van der Waals surface area contributed by atoms with Gasteiger partial charge < -0.3 is 20.5 Å². The second kappa shape index (κ2) is 9.11. The molecule has 0 aliphatic heterocycles.